The van der Waals surface area contributed by atoms with Crippen molar-refractivity contribution in [3.63, 3.8) is 0 Å². The van der Waals surface area contributed by atoms with E-state index in [0.717, 1.165) is 18.4 Å². The molecule has 1 atom stereocenters. The maximum Gasteiger partial charge on any atom is 0.352 e. The van der Waals surface area contributed by atoms with Crippen LogP contribution in [0, 0.1) is 0 Å². The Bertz CT molecular complexity index is 556. The molecule has 0 amide bonds. The molecule has 1 rings (SSSR count). The first-order chi connectivity index (χ1) is 11.0. The summed E-state index contributed by atoms with van der Waals surface area (Å²) in [5.74, 6) is -1.34. The van der Waals surface area contributed by atoms with Gasteiger partial charge in [0.2, 0.25) is 0 Å². The fourth-order valence-electron chi connectivity index (χ4n) is 2.40. The van der Waals surface area contributed by atoms with E-state index < -0.39 is 5.97 Å². The molecule has 1 aromatic rings. The largest absolute Gasteiger partial charge is 0.437 e. The maximum atomic E-state index is 12.4. The van der Waals surface area contributed by atoms with Gasteiger partial charge in [0.15, 0.2) is 0 Å². The van der Waals surface area contributed by atoms with Crippen molar-refractivity contribution in [3.8, 4) is 5.75 Å². The van der Waals surface area contributed by atoms with Gasteiger partial charge in [-0.15, -0.1) is 6.58 Å². The predicted molar refractivity (Wildman–Crippen MR) is 98.9 cm³/mol. The van der Waals surface area contributed by atoms with Crippen molar-refractivity contribution in [2.75, 3.05) is 6.61 Å². The fraction of sp³-hybridized carbons (Fsp3) is 0.619. The highest BCUT2D eigenvalue weighted by atomic mass is 16.8. The van der Waals surface area contributed by atoms with Gasteiger partial charge in [-0.05, 0) is 35.3 Å². The average Bonchev–Trinajstić information content (AvgIpc) is 2.52. The van der Waals surface area contributed by atoms with E-state index >= 15 is 0 Å². The van der Waals surface area contributed by atoms with E-state index in [1.54, 1.807) is 6.08 Å². The van der Waals surface area contributed by atoms with Crippen molar-refractivity contribution in [3.05, 3.63) is 42.0 Å². The highest BCUT2D eigenvalue weighted by Gasteiger charge is 2.31. The molecule has 3 heteroatoms. The summed E-state index contributed by atoms with van der Waals surface area (Å²) in [6.07, 6.45) is 3.53. The van der Waals surface area contributed by atoms with Crippen LogP contribution in [0.15, 0.2) is 30.9 Å². The highest BCUT2D eigenvalue weighted by Crippen LogP contribution is 2.39. The second-order valence-electron chi connectivity index (χ2n) is 7.75. The summed E-state index contributed by atoms with van der Waals surface area (Å²) in [6, 6.07) is 6.15. The van der Waals surface area contributed by atoms with Crippen LogP contribution in [0.1, 0.15) is 72.4 Å². The standard InChI is InChI=1S/C21H33O3/c1-9-14-23-21(8,22)24-18-13-12-16(19(4,5)10-2)15-17(18)20(6,7)11-3/h9,12-13,15H,1,10-11,14H2,2-8H3. The molecule has 135 valence electrons. The summed E-state index contributed by atoms with van der Waals surface area (Å²) in [5.41, 5.74) is 2.29. The number of benzene rings is 1. The first-order valence-corrected chi connectivity index (χ1v) is 8.78. The second kappa shape index (κ2) is 7.71. The van der Waals surface area contributed by atoms with Gasteiger partial charge >= 0.3 is 5.97 Å². The molecule has 1 unspecified atom stereocenters. The molecule has 0 spiro atoms. The van der Waals surface area contributed by atoms with Gasteiger partial charge in [-0.25, -0.2) is 0 Å². The Balaban J connectivity index is 3.32. The lowest BCUT2D eigenvalue weighted by Gasteiger charge is -2.32. The summed E-state index contributed by atoms with van der Waals surface area (Å²) < 4.78 is 10.9. The van der Waals surface area contributed by atoms with Crippen molar-refractivity contribution in [1.82, 2.24) is 0 Å². The second-order valence-corrected chi connectivity index (χ2v) is 7.75. The molecule has 0 bridgehead atoms. The monoisotopic (exact) mass is 333 g/mol. The Morgan fingerprint density at radius 2 is 1.62 bits per heavy atom. The molecule has 0 N–H and O–H groups in total. The molecule has 3 nitrogen and oxygen atoms in total. The number of hydrogen-bond acceptors (Lipinski definition) is 2. The fourth-order valence-corrected chi connectivity index (χ4v) is 2.40. The van der Waals surface area contributed by atoms with Crippen molar-refractivity contribution >= 4 is 0 Å². The summed E-state index contributed by atoms with van der Waals surface area (Å²) in [7, 11) is 0. The van der Waals surface area contributed by atoms with E-state index in [2.05, 4.69) is 60.3 Å². The summed E-state index contributed by atoms with van der Waals surface area (Å²) in [4.78, 5) is 0. The highest BCUT2D eigenvalue weighted by molar-refractivity contribution is 5.44. The van der Waals surface area contributed by atoms with Crippen molar-refractivity contribution in [2.24, 2.45) is 0 Å². The van der Waals surface area contributed by atoms with Gasteiger partial charge in [0, 0.05) is 12.5 Å². The van der Waals surface area contributed by atoms with Gasteiger partial charge in [-0.3, -0.25) is 0 Å². The third-order valence-electron chi connectivity index (χ3n) is 5.02. The number of hydrogen-bond donors (Lipinski definition) is 0. The molecule has 0 saturated carbocycles. The molecular formula is C21H33O3. The van der Waals surface area contributed by atoms with Gasteiger partial charge < -0.3 is 9.47 Å². The third-order valence-corrected chi connectivity index (χ3v) is 5.02. The minimum Gasteiger partial charge on any atom is -0.437 e. The van der Waals surface area contributed by atoms with Gasteiger partial charge in [0.25, 0.3) is 0 Å². The number of rotatable bonds is 9. The lowest BCUT2D eigenvalue weighted by atomic mass is 9.76. The van der Waals surface area contributed by atoms with E-state index in [0.29, 0.717) is 5.75 Å². The lowest BCUT2D eigenvalue weighted by molar-refractivity contribution is -0.334. The first kappa shape index (κ1) is 20.7. The Morgan fingerprint density at radius 1 is 1.04 bits per heavy atom. The van der Waals surface area contributed by atoms with Crippen LogP contribution in [-0.2, 0) is 20.7 Å². The number of ether oxygens (including phenoxy) is 2. The smallest absolute Gasteiger partial charge is 0.352 e. The summed E-state index contributed by atoms with van der Waals surface area (Å²) in [6.45, 7) is 18.3. The van der Waals surface area contributed by atoms with Crippen molar-refractivity contribution in [1.29, 1.82) is 0 Å². The quantitative estimate of drug-likeness (QED) is 0.426. The Morgan fingerprint density at radius 3 is 2.12 bits per heavy atom. The van der Waals surface area contributed by atoms with Crippen LogP contribution in [0.2, 0.25) is 0 Å². The zero-order chi connectivity index (χ0) is 18.6. The summed E-state index contributed by atoms with van der Waals surface area (Å²) in [5, 5.41) is 12.4. The Labute approximate surface area is 147 Å². The minimum absolute atomic E-state index is 0.0806. The van der Waals surface area contributed by atoms with Crippen LogP contribution in [0.4, 0.5) is 0 Å². The lowest BCUT2D eigenvalue weighted by Crippen LogP contribution is -2.35. The van der Waals surface area contributed by atoms with E-state index in [9.17, 15) is 5.11 Å². The predicted octanol–water partition coefficient (Wildman–Crippen LogP) is 5.75. The van der Waals surface area contributed by atoms with Gasteiger partial charge in [0.05, 0.1) is 6.61 Å². The average molecular weight is 333 g/mol. The Hall–Kier alpha value is -1.32. The molecule has 0 fully saturated rings. The normalized spacial score (nSPS) is 15.0. The van der Waals surface area contributed by atoms with Gasteiger partial charge in [-0.1, -0.05) is 59.8 Å². The maximum absolute atomic E-state index is 12.4. The van der Waals surface area contributed by atoms with E-state index in [4.69, 9.17) is 9.47 Å². The minimum atomic E-state index is -1.94. The zero-order valence-corrected chi connectivity index (χ0v) is 16.4. The topological polar surface area (TPSA) is 38.4 Å². The van der Waals surface area contributed by atoms with E-state index in [-0.39, 0.29) is 17.4 Å². The van der Waals surface area contributed by atoms with Crippen molar-refractivity contribution in [2.45, 2.75) is 78.1 Å². The zero-order valence-electron chi connectivity index (χ0n) is 16.4. The first-order valence-electron chi connectivity index (χ1n) is 8.78. The van der Waals surface area contributed by atoms with Gasteiger partial charge in [0.1, 0.15) is 5.75 Å². The van der Waals surface area contributed by atoms with Crippen LogP contribution in [0.25, 0.3) is 0 Å². The molecule has 0 aliphatic carbocycles. The summed E-state index contributed by atoms with van der Waals surface area (Å²) >= 11 is 0. The van der Waals surface area contributed by atoms with Crippen LogP contribution >= 0.6 is 0 Å². The molecular weight excluding hydrogens is 300 g/mol. The third kappa shape index (κ3) is 5.09. The van der Waals surface area contributed by atoms with Crippen molar-refractivity contribution < 1.29 is 14.6 Å². The van der Waals surface area contributed by atoms with Crippen LogP contribution in [-0.4, -0.2) is 12.6 Å². The Kier molecular flexibility index (Phi) is 6.66. The molecule has 0 saturated heterocycles. The molecule has 0 aliphatic heterocycles. The molecule has 0 heterocycles. The molecule has 24 heavy (non-hydrogen) atoms. The van der Waals surface area contributed by atoms with Crippen LogP contribution in [0.5, 0.6) is 5.75 Å². The molecule has 0 aliphatic rings. The SMILES string of the molecule is C=CCOC(C)([O])Oc1ccc(C(C)(C)CC)cc1C(C)(C)CC. The molecule has 0 aromatic heterocycles. The van der Waals surface area contributed by atoms with Crippen LogP contribution in [0.3, 0.4) is 0 Å². The molecule has 1 aromatic carbocycles. The van der Waals surface area contributed by atoms with E-state index in [1.807, 2.05) is 6.07 Å². The van der Waals surface area contributed by atoms with Gasteiger partial charge in [-0.2, -0.15) is 5.11 Å². The van der Waals surface area contributed by atoms with Crippen LogP contribution < -0.4 is 4.74 Å². The molecule has 1 radical (unpaired) electrons. The van der Waals surface area contributed by atoms with E-state index in [1.165, 1.54) is 12.5 Å².